The van der Waals surface area contributed by atoms with Crippen molar-refractivity contribution in [2.45, 2.75) is 18.9 Å². The number of pyridine rings is 1. The minimum atomic E-state index is -0.531. The van der Waals surface area contributed by atoms with Crippen LogP contribution in [0, 0.1) is 0 Å². The molecule has 0 spiro atoms. The van der Waals surface area contributed by atoms with Crippen LogP contribution in [-0.4, -0.2) is 28.6 Å². The van der Waals surface area contributed by atoms with Gasteiger partial charge in [0.05, 0.1) is 17.3 Å². The number of hydrogen-bond donors (Lipinski definition) is 3. The fraction of sp³-hybridized carbons (Fsp3) is 0.190. The largest absolute Gasteiger partial charge is 0.366 e. The standard InChI is InChI=1S/C21H20N4O3/c22-20(26)15-6-9-17-14(12-15)5-10-18(23-17)19-2-1-11-25(19)16-7-3-13(4-8-16)21(27)24-28/h3-10,12,19,28H,1-2,11H2,(H2,22,26)(H,24,27). The van der Waals surface area contributed by atoms with Crippen molar-refractivity contribution in [2.75, 3.05) is 11.4 Å². The smallest absolute Gasteiger partial charge is 0.274 e. The number of nitrogens with two attached hydrogens (primary N) is 1. The molecule has 1 fully saturated rings. The second-order valence-corrected chi connectivity index (χ2v) is 6.85. The minimum Gasteiger partial charge on any atom is -0.366 e. The summed E-state index contributed by atoms with van der Waals surface area (Å²) in [5.74, 6) is -0.984. The SMILES string of the molecule is NC(=O)c1ccc2nc(C3CCCN3c3ccc(C(=O)NO)cc3)ccc2c1. The van der Waals surface area contributed by atoms with E-state index in [1.54, 1.807) is 29.7 Å². The maximum Gasteiger partial charge on any atom is 0.274 e. The van der Waals surface area contributed by atoms with Crippen molar-refractivity contribution in [3.05, 3.63) is 71.4 Å². The molecule has 1 aromatic heterocycles. The lowest BCUT2D eigenvalue weighted by molar-refractivity contribution is 0.0706. The van der Waals surface area contributed by atoms with Crippen LogP contribution < -0.4 is 16.1 Å². The Morgan fingerprint density at radius 1 is 1.07 bits per heavy atom. The van der Waals surface area contributed by atoms with Gasteiger partial charge in [0.15, 0.2) is 0 Å². The number of hydrogen-bond acceptors (Lipinski definition) is 5. The molecule has 0 bridgehead atoms. The van der Waals surface area contributed by atoms with Crippen molar-refractivity contribution in [3.63, 3.8) is 0 Å². The lowest BCUT2D eigenvalue weighted by Gasteiger charge is -2.27. The summed E-state index contributed by atoms with van der Waals surface area (Å²) in [5.41, 5.74) is 10.7. The van der Waals surface area contributed by atoms with Gasteiger partial charge in [-0.05, 0) is 61.4 Å². The normalized spacial score (nSPS) is 16.3. The Bertz CT molecular complexity index is 1050. The highest BCUT2D eigenvalue weighted by Crippen LogP contribution is 2.36. The molecule has 1 saturated heterocycles. The van der Waals surface area contributed by atoms with Crippen molar-refractivity contribution in [2.24, 2.45) is 5.73 Å². The molecule has 7 nitrogen and oxygen atoms in total. The Hall–Kier alpha value is -3.45. The summed E-state index contributed by atoms with van der Waals surface area (Å²) in [6.45, 7) is 0.899. The molecule has 2 heterocycles. The maximum atomic E-state index is 11.5. The number of carbonyl (C=O) groups is 2. The van der Waals surface area contributed by atoms with Crippen molar-refractivity contribution >= 4 is 28.4 Å². The van der Waals surface area contributed by atoms with Crippen LogP contribution in [0.4, 0.5) is 5.69 Å². The summed E-state index contributed by atoms with van der Waals surface area (Å²) < 4.78 is 0. The average molecular weight is 376 g/mol. The van der Waals surface area contributed by atoms with Crippen LogP contribution in [0.25, 0.3) is 10.9 Å². The molecule has 3 aromatic rings. The van der Waals surface area contributed by atoms with Gasteiger partial charge in [-0.3, -0.25) is 19.8 Å². The molecule has 28 heavy (non-hydrogen) atoms. The first-order chi connectivity index (χ1) is 13.6. The van der Waals surface area contributed by atoms with Gasteiger partial charge in [0.25, 0.3) is 5.91 Å². The Balaban J connectivity index is 1.63. The van der Waals surface area contributed by atoms with Gasteiger partial charge in [-0.15, -0.1) is 0 Å². The van der Waals surface area contributed by atoms with Crippen molar-refractivity contribution in [1.29, 1.82) is 0 Å². The van der Waals surface area contributed by atoms with Crippen molar-refractivity contribution < 1.29 is 14.8 Å². The highest BCUT2D eigenvalue weighted by atomic mass is 16.5. The molecule has 142 valence electrons. The van der Waals surface area contributed by atoms with Crippen LogP contribution >= 0.6 is 0 Å². The van der Waals surface area contributed by atoms with E-state index < -0.39 is 11.8 Å². The first kappa shape index (κ1) is 17.9. The topological polar surface area (TPSA) is 109 Å². The Kier molecular flexibility index (Phi) is 4.67. The summed E-state index contributed by atoms with van der Waals surface area (Å²) in [4.78, 5) is 29.9. The van der Waals surface area contributed by atoms with E-state index in [-0.39, 0.29) is 6.04 Å². The third kappa shape index (κ3) is 3.27. The zero-order valence-electron chi connectivity index (χ0n) is 15.1. The molecule has 4 N–H and O–H groups in total. The Morgan fingerprint density at radius 2 is 1.82 bits per heavy atom. The summed E-state index contributed by atoms with van der Waals surface area (Å²) >= 11 is 0. The molecule has 4 rings (SSSR count). The van der Waals surface area contributed by atoms with Crippen LogP contribution in [0.5, 0.6) is 0 Å². The van der Waals surface area contributed by atoms with Gasteiger partial charge in [0, 0.05) is 28.7 Å². The first-order valence-electron chi connectivity index (χ1n) is 9.08. The van der Waals surface area contributed by atoms with Gasteiger partial charge in [-0.2, -0.15) is 0 Å². The molecule has 1 unspecified atom stereocenters. The number of nitrogens with one attached hydrogen (secondary N) is 1. The van der Waals surface area contributed by atoms with E-state index in [4.69, 9.17) is 15.9 Å². The van der Waals surface area contributed by atoms with Crippen LogP contribution in [0.2, 0.25) is 0 Å². The van der Waals surface area contributed by atoms with E-state index in [2.05, 4.69) is 4.90 Å². The number of hydroxylamine groups is 1. The van der Waals surface area contributed by atoms with Crippen LogP contribution in [0.1, 0.15) is 45.3 Å². The van der Waals surface area contributed by atoms with E-state index in [1.807, 2.05) is 30.3 Å². The molecule has 7 heteroatoms. The number of benzene rings is 2. The molecule has 2 aromatic carbocycles. The highest BCUT2D eigenvalue weighted by molar-refractivity contribution is 5.97. The first-order valence-corrected chi connectivity index (χ1v) is 9.08. The van der Waals surface area contributed by atoms with Gasteiger partial charge >= 0.3 is 0 Å². The monoisotopic (exact) mass is 376 g/mol. The van der Waals surface area contributed by atoms with E-state index in [9.17, 15) is 9.59 Å². The number of amides is 2. The zero-order chi connectivity index (χ0) is 19.7. The minimum absolute atomic E-state index is 0.137. The molecule has 1 atom stereocenters. The van der Waals surface area contributed by atoms with E-state index in [0.717, 1.165) is 41.7 Å². The zero-order valence-corrected chi connectivity index (χ0v) is 15.1. The van der Waals surface area contributed by atoms with E-state index in [1.165, 1.54) is 0 Å². The van der Waals surface area contributed by atoms with Crippen LogP contribution in [0.3, 0.4) is 0 Å². The van der Waals surface area contributed by atoms with E-state index >= 15 is 0 Å². The lowest BCUT2D eigenvalue weighted by atomic mass is 10.1. The van der Waals surface area contributed by atoms with Gasteiger partial charge in [-0.25, -0.2) is 5.48 Å². The summed E-state index contributed by atoms with van der Waals surface area (Å²) in [7, 11) is 0. The Morgan fingerprint density at radius 3 is 2.54 bits per heavy atom. The van der Waals surface area contributed by atoms with Gasteiger partial charge in [0.2, 0.25) is 5.91 Å². The third-order valence-corrected chi connectivity index (χ3v) is 5.15. The van der Waals surface area contributed by atoms with Gasteiger partial charge in [-0.1, -0.05) is 6.07 Å². The number of anilines is 1. The molecule has 1 aliphatic heterocycles. The second kappa shape index (κ2) is 7.28. The number of aromatic nitrogens is 1. The maximum absolute atomic E-state index is 11.5. The number of carbonyl (C=O) groups excluding carboxylic acids is 2. The molecular weight excluding hydrogens is 356 g/mol. The highest BCUT2D eigenvalue weighted by Gasteiger charge is 2.27. The molecule has 1 aliphatic rings. The van der Waals surface area contributed by atoms with Crippen molar-refractivity contribution in [1.82, 2.24) is 10.5 Å². The molecule has 0 radical (unpaired) electrons. The van der Waals surface area contributed by atoms with Gasteiger partial charge < -0.3 is 10.6 Å². The molecule has 2 amide bonds. The number of rotatable bonds is 4. The summed E-state index contributed by atoms with van der Waals surface area (Å²) in [5, 5.41) is 9.63. The third-order valence-electron chi connectivity index (χ3n) is 5.15. The predicted octanol–water partition coefficient (Wildman–Crippen LogP) is 2.79. The molecule has 0 aliphatic carbocycles. The Labute approximate surface area is 161 Å². The van der Waals surface area contributed by atoms with Gasteiger partial charge in [0.1, 0.15) is 0 Å². The summed E-state index contributed by atoms with van der Waals surface area (Å²) in [6, 6.07) is 16.5. The fourth-order valence-corrected chi connectivity index (χ4v) is 3.73. The van der Waals surface area contributed by atoms with Crippen molar-refractivity contribution in [3.8, 4) is 0 Å². The molecular formula is C21H20N4O3. The van der Waals surface area contributed by atoms with Crippen LogP contribution in [0.15, 0.2) is 54.6 Å². The number of fused-ring (bicyclic) bond motifs is 1. The average Bonchev–Trinajstić information content (AvgIpc) is 3.22. The predicted molar refractivity (Wildman–Crippen MR) is 105 cm³/mol. The second-order valence-electron chi connectivity index (χ2n) is 6.85. The lowest BCUT2D eigenvalue weighted by Crippen LogP contribution is -2.23. The van der Waals surface area contributed by atoms with E-state index in [0.29, 0.717) is 11.1 Å². The molecule has 0 saturated carbocycles. The number of nitrogens with zero attached hydrogens (tertiary/aromatic N) is 2. The number of primary amides is 1. The fourth-order valence-electron chi connectivity index (χ4n) is 3.73. The van der Waals surface area contributed by atoms with Crippen LogP contribution in [-0.2, 0) is 0 Å². The quantitative estimate of drug-likeness (QED) is 0.479. The summed E-state index contributed by atoms with van der Waals surface area (Å²) in [6.07, 6.45) is 2.03.